The number of hydrogen-bond acceptors (Lipinski definition) is 24. The van der Waals surface area contributed by atoms with Crippen LogP contribution in [0.4, 0.5) is 33.6 Å². The highest BCUT2D eigenvalue weighted by Gasteiger charge is 2.30. The van der Waals surface area contributed by atoms with Gasteiger partial charge >= 0.3 is 5.97 Å². The number of nitrogens with zero attached hydrogens (tertiary/aromatic N) is 9. The minimum atomic E-state index is -5.36. The van der Waals surface area contributed by atoms with E-state index in [1.54, 1.807) is 25.1 Å². The molecular formula is C39H33N9O19S6. The van der Waals surface area contributed by atoms with Crippen LogP contribution < -0.4 is 4.74 Å². The van der Waals surface area contributed by atoms with E-state index < -0.39 is 112 Å². The summed E-state index contributed by atoms with van der Waals surface area (Å²) < 4.78 is 169. The molecule has 34 heteroatoms. The number of aryl methyl sites for hydroxylation is 1. The van der Waals surface area contributed by atoms with Crippen molar-refractivity contribution in [2.24, 2.45) is 30.7 Å². The maximum atomic E-state index is 12.9. The van der Waals surface area contributed by atoms with Crippen LogP contribution in [0.5, 0.6) is 17.4 Å². The molecule has 6 N–H and O–H groups in total. The maximum Gasteiger partial charge on any atom is 0.361 e. The molecule has 0 spiro atoms. The summed E-state index contributed by atoms with van der Waals surface area (Å²) in [4.78, 5) is 13.9. The van der Waals surface area contributed by atoms with Gasteiger partial charge in [-0.15, -0.1) is 30.7 Å². The molecule has 7 rings (SSSR count). The molecule has 0 bridgehead atoms. The molecular weight excluding hydrogens is 1090 g/mol. The highest BCUT2D eigenvalue weighted by Crippen LogP contribution is 2.44. The van der Waals surface area contributed by atoms with Gasteiger partial charge in [-0.05, 0) is 79.1 Å². The van der Waals surface area contributed by atoms with Gasteiger partial charge in [0.2, 0.25) is 16.7 Å². The quantitative estimate of drug-likeness (QED) is 0.0151. The second-order valence-corrected chi connectivity index (χ2v) is 22.6. The number of azo groups is 3. The van der Waals surface area contributed by atoms with Crippen LogP contribution in [0, 0.1) is 6.92 Å². The van der Waals surface area contributed by atoms with E-state index in [1.807, 2.05) is 0 Å². The third-order valence-electron chi connectivity index (χ3n) is 9.89. The largest absolute Gasteiger partial charge is 0.505 e. The van der Waals surface area contributed by atoms with Crippen LogP contribution in [0.2, 0.25) is 0 Å². The Morgan fingerprint density at radius 2 is 1.41 bits per heavy atom. The molecule has 7 aromatic rings. The van der Waals surface area contributed by atoms with Crippen LogP contribution in [0.25, 0.3) is 26.7 Å². The molecule has 28 nitrogen and oxygen atoms in total. The number of hydrogen-bond donors (Lipinski definition) is 7. The first-order chi connectivity index (χ1) is 34.1. The van der Waals surface area contributed by atoms with Gasteiger partial charge in [0, 0.05) is 16.8 Å². The number of carbonyl (C=O) groups excluding carboxylic acids is 1. The second kappa shape index (κ2) is 20.7. The van der Waals surface area contributed by atoms with Crippen molar-refractivity contribution in [1.82, 2.24) is 14.8 Å². The summed E-state index contributed by atoms with van der Waals surface area (Å²) in [6.07, 6.45) is -0.164. The van der Waals surface area contributed by atoms with Gasteiger partial charge in [0.25, 0.3) is 40.5 Å². The van der Waals surface area contributed by atoms with Crippen LogP contribution >= 0.6 is 11.3 Å². The van der Waals surface area contributed by atoms with Crippen molar-refractivity contribution in [2.45, 2.75) is 33.8 Å². The van der Waals surface area contributed by atoms with E-state index in [2.05, 4.69) is 45.5 Å². The van der Waals surface area contributed by atoms with Crippen LogP contribution in [0.3, 0.4) is 0 Å². The van der Waals surface area contributed by atoms with Gasteiger partial charge in [-0.2, -0.15) is 43.5 Å². The van der Waals surface area contributed by atoms with E-state index in [0.717, 1.165) is 42.7 Å². The molecule has 2 aromatic heterocycles. The van der Waals surface area contributed by atoms with Crippen molar-refractivity contribution in [3.63, 3.8) is 0 Å². The summed E-state index contributed by atoms with van der Waals surface area (Å²) >= 11 is 1.14. The van der Waals surface area contributed by atoms with Gasteiger partial charge in [-0.25, -0.2) is 18.2 Å². The molecule has 0 unspecified atom stereocenters. The fraction of sp³-hybridized carbons (Fsp3) is 0.154. The van der Waals surface area contributed by atoms with Crippen molar-refractivity contribution in [3.8, 4) is 23.1 Å². The number of aromatic nitrogens is 3. The lowest BCUT2D eigenvalue weighted by molar-refractivity contribution is 0.0594. The van der Waals surface area contributed by atoms with E-state index in [-0.39, 0.29) is 57.5 Å². The Kier molecular flexibility index (Phi) is 15.2. The van der Waals surface area contributed by atoms with Crippen molar-refractivity contribution < 1.29 is 84.8 Å². The minimum Gasteiger partial charge on any atom is -0.505 e. The van der Waals surface area contributed by atoms with E-state index >= 15 is 0 Å². The first-order valence-electron chi connectivity index (χ1n) is 19.9. The van der Waals surface area contributed by atoms with Crippen molar-refractivity contribution in [2.75, 3.05) is 19.5 Å². The second-order valence-electron chi connectivity index (χ2n) is 14.9. The van der Waals surface area contributed by atoms with E-state index in [4.69, 9.17) is 4.74 Å². The summed E-state index contributed by atoms with van der Waals surface area (Å²) in [7, 11) is -21.8. The summed E-state index contributed by atoms with van der Waals surface area (Å²) in [6, 6.07) is 13.6. The van der Waals surface area contributed by atoms with Crippen LogP contribution in [-0.2, 0) is 61.7 Å². The zero-order valence-electron chi connectivity index (χ0n) is 36.8. The van der Waals surface area contributed by atoms with Crippen molar-refractivity contribution >= 4 is 123 Å². The molecule has 0 fully saturated rings. The van der Waals surface area contributed by atoms with Gasteiger partial charge in [-0.3, -0.25) is 18.2 Å². The number of benzene rings is 5. The molecule has 0 aliphatic heterocycles. The predicted octanol–water partition coefficient (Wildman–Crippen LogP) is 6.90. The molecule has 5 aromatic carbocycles. The zero-order chi connectivity index (χ0) is 53.4. The molecule has 0 aliphatic rings. The molecule has 0 saturated heterocycles. The SMILES string of the molecule is COC(=O)c1nn(-c2ccc(S(=O)(=O)O)cc2S(=O)(=O)O)c(O)c1N=Nc1ccc2c(O)c(N=Nc3cc(C)c(N=Nc4nc5ccc(C[SH](=O)=O)cc5s4)cc3OCCCS(=O)(=O)O)ccc2c1S(=O)(=O)O. The summed E-state index contributed by atoms with van der Waals surface area (Å²) in [5.74, 6) is -4.07. The summed E-state index contributed by atoms with van der Waals surface area (Å²) in [6.45, 7) is 1.37. The third kappa shape index (κ3) is 12.3. The predicted molar refractivity (Wildman–Crippen MR) is 255 cm³/mol. The first kappa shape index (κ1) is 53.5. The number of phenolic OH excluding ortho intramolecular Hbond substituents is 1. The number of ether oxygens (including phenoxy) is 2. The molecule has 0 amide bonds. The van der Waals surface area contributed by atoms with Gasteiger partial charge < -0.3 is 19.7 Å². The highest BCUT2D eigenvalue weighted by molar-refractivity contribution is 7.87. The lowest BCUT2D eigenvalue weighted by atomic mass is 10.1. The molecule has 73 heavy (non-hydrogen) atoms. The average Bonchev–Trinajstić information content (AvgIpc) is 3.86. The fourth-order valence-electron chi connectivity index (χ4n) is 6.64. The maximum absolute atomic E-state index is 12.9. The molecule has 2 heterocycles. The Morgan fingerprint density at radius 3 is 2.07 bits per heavy atom. The molecule has 0 saturated carbocycles. The monoisotopic (exact) mass is 1120 g/mol. The Labute approximate surface area is 417 Å². The number of esters is 1. The van der Waals surface area contributed by atoms with E-state index in [0.29, 0.717) is 44.2 Å². The van der Waals surface area contributed by atoms with Crippen molar-refractivity contribution in [3.05, 3.63) is 89.6 Å². The number of rotatable bonds is 18. The first-order valence-corrected chi connectivity index (χ1v) is 28.0. The Hall–Kier alpha value is -7.28. The summed E-state index contributed by atoms with van der Waals surface area (Å²) in [5, 5.41) is 50.1. The van der Waals surface area contributed by atoms with Crippen LogP contribution in [0.15, 0.2) is 118 Å². The normalized spacial score (nSPS) is 12.9. The topological polar surface area (TPSA) is 432 Å². The molecule has 0 atom stereocenters. The van der Waals surface area contributed by atoms with Gasteiger partial charge in [0.15, 0.2) is 11.4 Å². The van der Waals surface area contributed by atoms with Crippen molar-refractivity contribution in [1.29, 1.82) is 0 Å². The summed E-state index contributed by atoms with van der Waals surface area (Å²) in [5.41, 5.74) is -1.78. The number of methoxy groups -OCH3 is 1. The minimum absolute atomic E-state index is 0.00337. The van der Waals surface area contributed by atoms with E-state index in [1.165, 1.54) is 12.1 Å². The van der Waals surface area contributed by atoms with E-state index in [9.17, 15) is 75.3 Å². The third-order valence-corrected chi connectivity index (χ3v) is 14.9. The smallest absolute Gasteiger partial charge is 0.361 e. The van der Waals surface area contributed by atoms with Gasteiger partial charge in [0.05, 0.1) is 51.7 Å². The number of fused-ring (bicyclic) bond motifs is 2. The number of aromatic hydroxyl groups is 2. The molecule has 0 aliphatic carbocycles. The van der Waals surface area contributed by atoms with Crippen LogP contribution in [-0.4, -0.2) is 111 Å². The molecule has 0 radical (unpaired) electrons. The van der Waals surface area contributed by atoms with Gasteiger partial charge in [-0.1, -0.05) is 23.5 Å². The number of carbonyl (C=O) groups is 1. The standard InChI is InChI=1S/C39H33N9O19S6/c1-19-14-28(30(67-12-3-13-70(54,55)56)17-27(19)43-46-39-40-24-8-4-20(18-69(52)53)15-31(24)68-39)44-41-25-9-7-23-22(35(25)49)6-10-26(36(23)73(63,64)65)42-45-33-34(38(51)66-2)47-48(37(33)50)29-11-5-21(71(57,58)59)16-32(29)72(60,61)62/h4-11,14-17,49-50,69H,3,12-13,18H2,1-2H3,(H,54,55,56)(H,57,58,59)(H,60,61,62)(H,63,64,65). The lowest BCUT2D eigenvalue weighted by Gasteiger charge is -2.11. The lowest BCUT2D eigenvalue weighted by Crippen LogP contribution is -2.10. The van der Waals surface area contributed by atoms with Crippen LogP contribution in [0.1, 0.15) is 28.0 Å². The number of phenols is 1. The Bertz CT molecular complexity index is 4050. The number of thiol groups is 1. The molecule has 384 valence electrons. The number of thiazole rings is 1. The fourth-order valence-corrected chi connectivity index (χ4v) is 10.6. The Balaban J connectivity index is 1.25. The zero-order valence-corrected chi connectivity index (χ0v) is 41.7. The highest BCUT2D eigenvalue weighted by atomic mass is 32.2. The van der Waals surface area contributed by atoms with Gasteiger partial charge in [0.1, 0.15) is 43.3 Å². The Morgan fingerprint density at radius 1 is 0.740 bits per heavy atom. The average molecular weight is 1120 g/mol.